The van der Waals surface area contributed by atoms with Gasteiger partial charge in [0.15, 0.2) is 0 Å². The second kappa shape index (κ2) is 3.94. The van der Waals surface area contributed by atoms with Gasteiger partial charge in [0.25, 0.3) is 0 Å². The maximum Gasteiger partial charge on any atom is 0.107 e. The van der Waals surface area contributed by atoms with Gasteiger partial charge in [-0.05, 0) is 25.8 Å². The van der Waals surface area contributed by atoms with Gasteiger partial charge in [-0.3, -0.25) is 4.90 Å². The third-order valence-electron chi connectivity index (χ3n) is 2.24. The first-order valence-corrected chi connectivity index (χ1v) is 4.26. The highest BCUT2D eigenvalue weighted by Gasteiger charge is 2.15. The Hall–Kier alpha value is -0.0800. The molecule has 2 nitrogen and oxygen atoms in total. The Balaban J connectivity index is 2.35. The van der Waals surface area contributed by atoms with Gasteiger partial charge in [0.05, 0.1) is 0 Å². The molecule has 10 heavy (non-hydrogen) atoms. The molecule has 0 saturated carbocycles. The summed E-state index contributed by atoms with van der Waals surface area (Å²) in [5.41, 5.74) is 0. The lowest BCUT2D eigenvalue weighted by Crippen LogP contribution is -2.34. The Morgan fingerprint density at radius 2 is 2.20 bits per heavy atom. The van der Waals surface area contributed by atoms with Gasteiger partial charge in [0.2, 0.25) is 0 Å². The van der Waals surface area contributed by atoms with Gasteiger partial charge >= 0.3 is 0 Å². The van der Waals surface area contributed by atoms with Gasteiger partial charge in [-0.1, -0.05) is 13.3 Å². The third kappa shape index (κ3) is 1.96. The summed E-state index contributed by atoms with van der Waals surface area (Å²) in [5.74, 6) is 0. The van der Waals surface area contributed by atoms with Gasteiger partial charge in [-0.25, -0.2) is 0 Å². The fraction of sp³-hybridized carbons (Fsp3) is 1.00. The van der Waals surface area contributed by atoms with Crippen LogP contribution in [0.15, 0.2) is 0 Å². The maximum atomic E-state index is 9.47. The topological polar surface area (TPSA) is 23.5 Å². The Kier molecular flexibility index (Phi) is 3.16. The van der Waals surface area contributed by atoms with Crippen LogP contribution >= 0.6 is 0 Å². The lowest BCUT2D eigenvalue weighted by Gasteiger charge is -2.23. The Morgan fingerprint density at radius 3 is 2.90 bits per heavy atom. The van der Waals surface area contributed by atoms with Gasteiger partial charge in [-0.15, -0.1) is 0 Å². The number of hydrogen-bond donors (Lipinski definition) is 1. The van der Waals surface area contributed by atoms with E-state index in [2.05, 4.69) is 11.8 Å². The molecule has 1 heterocycles. The minimum Gasteiger partial charge on any atom is -0.378 e. The van der Waals surface area contributed by atoms with Crippen molar-refractivity contribution >= 4 is 0 Å². The highest BCUT2D eigenvalue weighted by atomic mass is 16.3. The van der Waals surface area contributed by atoms with Crippen LogP contribution < -0.4 is 0 Å². The van der Waals surface area contributed by atoms with Crippen molar-refractivity contribution in [2.24, 2.45) is 0 Å². The summed E-state index contributed by atoms with van der Waals surface area (Å²) in [5, 5.41) is 9.47. The van der Waals surface area contributed by atoms with Crippen LogP contribution in [-0.4, -0.2) is 29.3 Å². The highest BCUT2D eigenvalue weighted by Crippen LogP contribution is 2.13. The SMILES string of the molecule is CCN1CCCCCC1O. The fourth-order valence-corrected chi connectivity index (χ4v) is 1.52. The smallest absolute Gasteiger partial charge is 0.107 e. The summed E-state index contributed by atoms with van der Waals surface area (Å²) in [6, 6.07) is 0. The van der Waals surface area contributed by atoms with E-state index in [1.165, 1.54) is 19.3 Å². The van der Waals surface area contributed by atoms with Crippen molar-refractivity contribution in [3.63, 3.8) is 0 Å². The summed E-state index contributed by atoms with van der Waals surface area (Å²) in [6.45, 7) is 4.17. The molecule has 0 spiro atoms. The second-order valence-electron chi connectivity index (χ2n) is 2.96. The Morgan fingerprint density at radius 1 is 1.40 bits per heavy atom. The van der Waals surface area contributed by atoms with Crippen molar-refractivity contribution in [1.29, 1.82) is 0 Å². The molecule has 0 aromatic rings. The monoisotopic (exact) mass is 143 g/mol. The normalized spacial score (nSPS) is 30.0. The molecule has 0 radical (unpaired) electrons. The van der Waals surface area contributed by atoms with E-state index in [0.29, 0.717) is 0 Å². The van der Waals surface area contributed by atoms with Crippen LogP contribution in [0.2, 0.25) is 0 Å². The molecule has 1 aliphatic rings. The molecule has 1 atom stereocenters. The van der Waals surface area contributed by atoms with Gasteiger partial charge in [0, 0.05) is 6.54 Å². The Bertz CT molecular complexity index is 95.3. The third-order valence-corrected chi connectivity index (χ3v) is 2.24. The van der Waals surface area contributed by atoms with E-state index in [4.69, 9.17) is 0 Å². The molecule has 0 aromatic heterocycles. The first-order valence-electron chi connectivity index (χ1n) is 4.26. The predicted molar refractivity (Wildman–Crippen MR) is 41.7 cm³/mol. The number of hydrogen-bond acceptors (Lipinski definition) is 2. The number of nitrogens with zero attached hydrogens (tertiary/aromatic N) is 1. The predicted octanol–water partition coefficient (Wildman–Crippen LogP) is 1.20. The molecule has 1 aliphatic heterocycles. The van der Waals surface area contributed by atoms with Crippen LogP contribution in [-0.2, 0) is 0 Å². The molecule has 0 amide bonds. The largest absolute Gasteiger partial charge is 0.378 e. The summed E-state index contributed by atoms with van der Waals surface area (Å²) in [6.07, 6.45) is 4.54. The van der Waals surface area contributed by atoms with E-state index in [0.717, 1.165) is 19.5 Å². The molecule has 2 heteroatoms. The van der Waals surface area contributed by atoms with E-state index in [1.807, 2.05) is 0 Å². The van der Waals surface area contributed by atoms with Crippen molar-refractivity contribution in [3.8, 4) is 0 Å². The lowest BCUT2D eigenvalue weighted by molar-refractivity contribution is 0.00831. The zero-order chi connectivity index (χ0) is 7.40. The molecule has 0 aromatic carbocycles. The van der Waals surface area contributed by atoms with E-state index in [9.17, 15) is 5.11 Å². The molecule has 0 bridgehead atoms. The first-order chi connectivity index (χ1) is 4.84. The standard InChI is InChI=1S/C8H17NO/c1-2-9-7-5-3-4-6-8(9)10/h8,10H,2-7H2,1H3. The number of likely N-dealkylation sites (tertiary alicyclic amines) is 1. The minimum absolute atomic E-state index is 0.160. The summed E-state index contributed by atoms with van der Waals surface area (Å²) in [4.78, 5) is 2.15. The van der Waals surface area contributed by atoms with Crippen LogP contribution in [0.5, 0.6) is 0 Å². The van der Waals surface area contributed by atoms with Crippen molar-refractivity contribution < 1.29 is 5.11 Å². The van der Waals surface area contributed by atoms with E-state index in [1.54, 1.807) is 0 Å². The average molecular weight is 143 g/mol. The zero-order valence-corrected chi connectivity index (χ0v) is 6.71. The molecule has 1 saturated heterocycles. The summed E-state index contributed by atoms with van der Waals surface area (Å²) in [7, 11) is 0. The maximum absolute atomic E-state index is 9.47. The van der Waals surface area contributed by atoms with E-state index in [-0.39, 0.29) is 6.23 Å². The van der Waals surface area contributed by atoms with Crippen LogP contribution in [0.4, 0.5) is 0 Å². The minimum atomic E-state index is -0.160. The van der Waals surface area contributed by atoms with Crippen molar-refractivity contribution in [3.05, 3.63) is 0 Å². The van der Waals surface area contributed by atoms with Gasteiger partial charge in [-0.2, -0.15) is 0 Å². The lowest BCUT2D eigenvalue weighted by atomic mass is 10.2. The fourth-order valence-electron chi connectivity index (χ4n) is 1.52. The quantitative estimate of drug-likeness (QED) is 0.596. The molecule has 1 rings (SSSR count). The Labute approximate surface area is 62.8 Å². The van der Waals surface area contributed by atoms with Gasteiger partial charge in [0.1, 0.15) is 6.23 Å². The number of aliphatic hydroxyl groups excluding tert-OH is 1. The van der Waals surface area contributed by atoms with Crippen LogP contribution in [0.25, 0.3) is 0 Å². The van der Waals surface area contributed by atoms with Gasteiger partial charge < -0.3 is 5.11 Å². The molecule has 60 valence electrons. The van der Waals surface area contributed by atoms with E-state index >= 15 is 0 Å². The van der Waals surface area contributed by atoms with Crippen molar-refractivity contribution in [1.82, 2.24) is 4.90 Å². The summed E-state index contributed by atoms with van der Waals surface area (Å²) >= 11 is 0. The highest BCUT2D eigenvalue weighted by molar-refractivity contribution is 4.64. The average Bonchev–Trinajstić information content (AvgIpc) is 2.13. The summed E-state index contributed by atoms with van der Waals surface area (Å²) < 4.78 is 0. The van der Waals surface area contributed by atoms with Crippen molar-refractivity contribution in [2.75, 3.05) is 13.1 Å². The number of rotatable bonds is 1. The van der Waals surface area contributed by atoms with Crippen LogP contribution in [0.1, 0.15) is 32.6 Å². The van der Waals surface area contributed by atoms with Crippen LogP contribution in [0.3, 0.4) is 0 Å². The number of aliphatic hydroxyl groups is 1. The van der Waals surface area contributed by atoms with E-state index < -0.39 is 0 Å². The molecular weight excluding hydrogens is 126 g/mol. The molecule has 0 aliphatic carbocycles. The molecule has 1 N–H and O–H groups in total. The van der Waals surface area contributed by atoms with Crippen molar-refractivity contribution in [2.45, 2.75) is 38.8 Å². The molecule has 1 unspecified atom stereocenters. The molecular formula is C8H17NO. The molecule has 1 fully saturated rings. The second-order valence-corrected chi connectivity index (χ2v) is 2.96. The van der Waals surface area contributed by atoms with Crippen LogP contribution in [0, 0.1) is 0 Å². The first kappa shape index (κ1) is 8.02. The zero-order valence-electron chi connectivity index (χ0n) is 6.71.